The lowest BCUT2D eigenvalue weighted by molar-refractivity contribution is -0.137. The van der Waals surface area contributed by atoms with Gasteiger partial charge in [0.1, 0.15) is 0 Å². The number of amides is 2. The lowest BCUT2D eigenvalue weighted by Gasteiger charge is -2.40. The molecule has 1 fully saturated rings. The van der Waals surface area contributed by atoms with E-state index in [0.29, 0.717) is 6.54 Å². The van der Waals surface area contributed by atoms with E-state index >= 15 is 0 Å². The van der Waals surface area contributed by atoms with E-state index in [1.807, 2.05) is 43.0 Å². The van der Waals surface area contributed by atoms with E-state index in [2.05, 4.69) is 83.4 Å². The first kappa shape index (κ1) is 31.0. The predicted octanol–water partition coefficient (Wildman–Crippen LogP) is 4.61. The Morgan fingerprint density at radius 1 is 1.05 bits per heavy atom. The lowest BCUT2D eigenvalue weighted by atomic mass is 9.77. The molecule has 1 aliphatic rings. The Kier molecular flexibility index (Phi) is 11.0. The van der Waals surface area contributed by atoms with Gasteiger partial charge in [-0.2, -0.15) is 0 Å². The molecule has 1 saturated heterocycles. The van der Waals surface area contributed by atoms with Crippen molar-refractivity contribution in [1.82, 2.24) is 20.4 Å². The van der Waals surface area contributed by atoms with E-state index in [4.69, 9.17) is 0 Å². The van der Waals surface area contributed by atoms with Gasteiger partial charge >= 0.3 is 0 Å². The van der Waals surface area contributed by atoms with Crippen molar-refractivity contribution < 1.29 is 9.59 Å². The van der Waals surface area contributed by atoms with Crippen LogP contribution in [0.25, 0.3) is 0 Å². The zero-order valence-electron chi connectivity index (χ0n) is 25.0. The van der Waals surface area contributed by atoms with Crippen LogP contribution in [-0.4, -0.2) is 73.5 Å². The fourth-order valence-corrected chi connectivity index (χ4v) is 5.39. The molecular formula is C31H52N4O2. The van der Waals surface area contributed by atoms with Gasteiger partial charge in [-0.05, 0) is 43.7 Å². The highest BCUT2D eigenvalue weighted by atomic mass is 16.2. The first-order chi connectivity index (χ1) is 17.2. The number of likely N-dealkylation sites (N-methyl/N-ethyl adjacent to an activating group) is 2. The summed E-state index contributed by atoms with van der Waals surface area (Å²) in [5.41, 5.74) is 1.57. The van der Waals surface area contributed by atoms with Gasteiger partial charge in [-0.25, -0.2) is 0 Å². The second kappa shape index (κ2) is 13.1. The van der Waals surface area contributed by atoms with Crippen molar-refractivity contribution in [2.75, 3.05) is 33.7 Å². The summed E-state index contributed by atoms with van der Waals surface area (Å²) in [6, 6.07) is 10.1. The minimum atomic E-state index is -0.371. The van der Waals surface area contributed by atoms with E-state index < -0.39 is 0 Å². The number of likely N-dealkylation sites (tertiary alicyclic amines) is 1. The van der Waals surface area contributed by atoms with Crippen molar-refractivity contribution in [2.24, 2.45) is 11.3 Å². The Labute approximate surface area is 226 Å². The van der Waals surface area contributed by atoms with Crippen molar-refractivity contribution in [3.8, 4) is 0 Å². The number of carbonyl (C=O) groups excluding carboxylic acids is 2. The molecule has 208 valence electrons. The summed E-state index contributed by atoms with van der Waals surface area (Å²) in [5.74, 6) is 0.323. The van der Waals surface area contributed by atoms with Gasteiger partial charge in [0.05, 0.1) is 12.1 Å². The SMILES string of the molecule is CNC(CNC(C(=O)N(C)C(/C=C(\C)C(=O)N1CCCC1)C(C)C)C(C)(C)C)C(C)(C)c1ccccc1. The van der Waals surface area contributed by atoms with Crippen LogP contribution in [0.5, 0.6) is 0 Å². The smallest absolute Gasteiger partial charge is 0.249 e. The first-order valence-corrected chi connectivity index (χ1v) is 13.9. The van der Waals surface area contributed by atoms with Crippen molar-refractivity contribution in [2.45, 2.75) is 91.8 Å². The van der Waals surface area contributed by atoms with E-state index in [9.17, 15) is 9.59 Å². The normalized spacial score (nSPS) is 17.6. The van der Waals surface area contributed by atoms with Gasteiger partial charge < -0.3 is 20.4 Å². The molecule has 1 aromatic carbocycles. The largest absolute Gasteiger partial charge is 0.339 e. The molecule has 0 aromatic heterocycles. The molecule has 6 heteroatoms. The number of rotatable bonds is 11. The number of nitrogens with zero attached hydrogens (tertiary/aromatic N) is 2. The van der Waals surface area contributed by atoms with Gasteiger partial charge in [-0.1, -0.05) is 84.9 Å². The summed E-state index contributed by atoms with van der Waals surface area (Å²) < 4.78 is 0. The number of benzene rings is 1. The number of nitrogens with one attached hydrogen (secondary N) is 2. The molecule has 2 rings (SSSR count). The van der Waals surface area contributed by atoms with Crippen LogP contribution in [-0.2, 0) is 15.0 Å². The Balaban J connectivity index is 2.23. The molecule has 3 unspecified atom stereocenters. The molecule has 6 nitrogen and oxygen atoms in total. The highest BCUT2D eigenvalue weighted by Gasteiger charge is 2.38. The molecule has 0 bridgehead atoms. The molecule has 2 N–H and O–H groups in total. The maximum Gasteiger partial charge on any atom is 0.249 e. The van der Waals surface area contributed by atoms with Crippen LogP contribution >= 0.6 is 0 Å². The monoisotopic (exact) mass is 512 g/mol. The minimum Gasteiger partial charge on any atom is -0.339 e. The predicted molar refractivity (Wildman–Crippen MR) is 155 cm³/mol. The van der Waals surface area contributed by atoms with Crippen LogP contribution in [0.1, 0.15) is 73.8 Å². The maximum atomic E-state index is 14.0. The summed E-state index contributed by atoms with van der Waals surface area (Å²) >= 11 is 0. The Hall–Kier alpha value is -2.18. The summed E-state index contributed by atoms with van der Waals surface area (Å²) in [5, 5.41) is 7.12. The van der Waals surface area contributed by atoms with Crippen LogP contribution < -0.4 is 10.6 Å². The average molecular weight is 513 g/mol. The Morgan fingerprint density at radius 3 is 2.11 bits per heavy atom. The first-order valence-electron chi connectivity index (χ1n) is 13.9. The molecule has 0 saturated carbocycles. The van der Waals surface area contributed by atoms with Crippen molar-refractivity contribution in [1.29, 1.82) is 0 Å². The third-order valence-electron chi connectivity index (χ3n) is 8.01. The number of hydrogen-bond acceptors (Lipinski definition) is 4. The quantitative estimate of drug-likeness (QED) is 0.425. The topological polar surface area (TPSA) is 64.7 Å². The molecule has 1 aliphatic heterocycles. The molecule has 2 amide bonds. The van der Waals surface area contributed by atoms with Crippen LogP contribution in [0.4, 0.5) is 0 Å². The number of hydrogen-bond donors (Lipinski definition) is 2. The molecule has 0 aliphatic carbocycles. The Morgan fingerprint density at radius 2 is 1.62 bits per heavy atom. The summed E-state index contributed by atoms with van der Waals surface area (Å²) in [6.45, 7) is 19.2. The molecule has 37 heavy (non-hydrogen) atoms. The van der Waals surface area contributed by atoms with Crippen LogP contribution in [0.15, 0.2) is 42.0 Å². The van der Waals surface area contributed by atoms with E-state index in [1.54, 1.807) is 0 Å². The lowest BCUT2D eigenvalue weighted by Crippen LogP contribution is -2.59. The van der Waals surface area contributed by atoms with Gasteiger partial charge in [0, 0.05) is 43.7 Å². The Bertz CT molecular complexity index is 911. The highest BCUT2D eigenvalue weighted by molar-refractivity contribution is 5.93. The highest BCUT2D eigenvalue weighted by Crippen LogP contribution is 2.28. The summed E-state index contributed by atoms with van der Waals surface area (Å²) in [4.78, 5) is 30.7. The van der Waals surface area contributed by atoms with Crippen molar-refractivity contribution in [3.63, 3.8) is 0 Å². The summed E-state index contributed by atoms with van der Waals surface area (Å²) in [6.07, 6.45) is 4.13. The third kappa shape index (κ3) is 7.90. The second-order valence-corrected chi connectivity index (χ2v) is 12.7. The molecular weight excluding hydrogens is 460 g/mol. The van der Waals surface area contributed by atoms with Gasteiger partial charge in [0.2, 0.25) is 11.8 Å². The fraction of sp³-hybridized carbons (Fsp3) is 0.677. The van der Waals surface area contributed by atoms with E-state index in [0.717, 1.165) is 31.5 Å². The number of carbonyl (C=O) groups is 2. The van der Waals surface area contributed by atoms with Crippen LogP contribution in [0.3, 0.4) is 0 Å². The van der Waals surface area contributed by atoms with Gasteiger partial charge in [-0.15, -0.1) is 0 Å². The van der Waals surface area contributed by atoms with Gasteiger partial charge in [0.25, 0.3) is 0 Å². The maximum absolute atomic E-state index is 14.0. The standard InChI is InChI=1S/C31H52N4O2/c1-22(2)25(20-23(3)28(36)35-18-14-15-19-35)34(10)29(37)27(30(4,5)6)33-21-26(32-9)31(7,8)24-16-12-11-13-17-24/h11-13,16-17,20,22,25-27,32-33H,14-15,18-19,21H2,1-10H3/b23-20+. The third-order valence-corrected chi connectivity index (χ3v) is 8.01. The van der Waals surface area contributed by atoms with Gasteiger partial charge in [-0.3, -0.25) is 9.59 Å². The molecule has 0 spiro atoms. The second-order valence-electron chi connectivity index (χ2n) is 12.7. The summed E-state index contributed by atoms with van der Waals surface area (Å²) in [7, 11) is 3.86. The van der Waals surface area contributed by atoms with Crippen LogP contribution in [0.2, 0.25) is 0 Å². The van der Waals surface area contributed by atoms with E-state index in [1.165, 1.54) is 5.56 Å². The van der Waals surface area contributed by atoms with Crippen molar-refractivity contribution in [3.05, 3.63) is 47.5 Å². The van der Waals surface area contributed by atoms with Crippen LogP contribution in [0, 0.1) is 11.3 Å². The minimum absolute atomic E-state index is 0.0521. The molecule has 1 heterocycles. The van der Waals surface area contributed by atoms with Gasteiger partial charge in [0.15, 0.2) is 0 Å². The van der Waals surface area contributed by atoms with Crippen molar-refractivity contribution >= 4 is 11.8 Å². The molecule has 3 atom stereocenters. The zero-order chi connectivity index (χ0) is 28.0. The molecule has 1 aromatic rings. The zero-order valence-corrected chi connectivity index (χ0v) is 25.0. The fourth-order valence-electron chi connectivity index (χ4n) is 5.39. The molecule has 0 radical (unpaired) electrons. The average Bonchev–Trinajstić information content (AvgIpc) is 3.38. The van der Waals surface area contributed by atoms with E-state index in [-0.39, 0.29) is 46.7 Å².